The highest BCUT2D eigenvalue weighted by Crippen LogP contribution is 2.54. The molecule has 0 spiro atoms. The summed E-state index contributed by atoms with van der Waals surface area (Å²) < 4.78 is 5.52. The average Bonchev–Trinajstić information content (AvgIpc) is 2.52. The SMILES string of the molecule is C=C1CC=C[C@@]2(C)C[C@H]3OC(=O)[C@H](C)[C@H]3C[C@H]12. The first-order valence-electron chi connectivity index (χ1n) is 6.57. The van der Waals surface area contributed by atoms with E-state index in [1.54, 1.807) is 0 Å². The van der Waals surface area contributed by atoms with Crippen LogP contribution in [0.5, 0.6) is 0 Å². The van der Waals surface area contributed by atoms with E-state index in [-0.39, 0.29) is 23.4 Å². The molecular weight excluding hydrogens is 212 g/mol. The summed E-state index contributed by atoms with van der Waals surface area (Å²) >= 11 is 0. The molecule has 1 saturated carbocycles. The molecule has 17 heavy (non-hydrogen) atoms. The second-order valence-corrected chi connectivity index (χ2v) is 6.19. The van der Waals surface area contributed by atoms with E-state index < -0.39 is 0 Å². The summed E-state index contributed by atoms with van der Waals surface area (Å²) in [6.07, 6.45) is 7.71. The van der Waals surface area contributed by atoms with Gasteiger partial charge in [-0.1, -0.05) is 38.2 Å². The molecule has 1 saturated heterocycles. The van der Waals surface area contributed by atoms with E-state index >= 15 is 0 Å². The summed E-state index contributed by atoms with van der Waals surface area (Å²) in [5.41, 5.74) is 1.49. The zero-order chi connectivity index (χ0) is 12.2. The molecule has 0 amide bonds. The van der Waals surface area contributed by atoms with E-state index in [1.165, 1.54) is 5.57 Å². The topological polar surface area (TPSA) is 26.3 Å². The van der Waals surface area contributed by atoms with Gasteiger partial charge < -0.3 is 4.74 Å². The number of allylic oxidation sites excluding steroid dienone is 3. The summed E-state index contributed by atoms with van der Waals surface area (Å²) in [7, 11) is 0. The maximum absolute atomic E-state index is 11.7. The van der Waals surface area contributed by atoms with Crippen molar-refractivity contribution in [2.24, 2.45) is 23.2 Å². The van der Waals surface area contributed by atoms with E-state index in [0.717, 1.165) is 19.3 Å². The first kappa shape index (κ1) is 11.1. The normalized spacial score (nSPS) is 48.6. The number of hydrogen-bond acceptors (Lipinski definition) is 2. The minimum Gasteiger partial charge on any atom is -0.462 e. The highest BCUT2D eigenvalue weighted by molar-refractivity contribution is 5.75. The Morgan fingerprint density at radius 1 is 1.53 bits per heavy atom. The molecule has 2 nitrogen and oxygen atoms in total. The summed E-state index contributed by atoms with van der Waals surface area (Å²) in [6.45, 7) is 8.52. The number of ether oxygens (including phenoxy) is 1. The molecule has 5 atom stereocenters. The Morgan fingerprint density at radius 3 is 3.06 bits per heavy atom. The highest BCUT2D eigenvalue weighted by Gasteiger charge is 2.52. The van der Waals surface area contributed by atoms with Crippen molar-refractivity contribution in [2.45, 2.75) is 39.2 Å². The van der Waals surface area contributed by atoms with E-state index in [2.05, 4.69) is 25.7 Å². The van der Waals surface area contributed by atoms with Crippen LogP contribution in [0.15, 0.2) is 24.3 Å². The zero-order valence-electron chi connectivity index (χ0n) is 10.6. The molecule has 0 unspecified atom stereocenters. The van der Waals surface area contributed by atoms with Crippen molar-refractivity contribution in [3.8, 4) is 0 Å². The van der Waals surface area contributed by atoms with Crippen LogP contribution in [0.25, 0.3) is 0 Å². The standard InChI is InChI=1S/C15H20O2/c1-9-5-4-6-15(3)8-13-11(7-12(9)15)10(2)14(16)17-13/h4,6,10-13H,1,5,7-8H2,2-3H3/t10-,11-,12-,13-,15+/m1/s1. The highest BCUT2D eigenvalue weighted by atomic mass is 16.6. The first-order valence-corrected chi connectivity index (χ1v) is 6.57. The molecule has 0 aromatic heterocycles. The van der Waals surface area contributed by atoms with Gasteiger partial charge in [-0.25, -0.2) is 0 Å². The van der Waals surface area contributed by atoms with Gasteiger partial charge in [0, 0.05) is 5.92 Å². The Bertz CT molecular complexity index is 409. The van der Waals surface area contributed by atoms with E-state index in [4.69, 9.17) is 4.74 Å². The van der Waals surface area contributed by atoms with Crippen LogP contribution in [0.4, 0.5) is 0 Å². The summed E-state index contributed by atoms with van der Waals surface area (Å²) in [5.74, 6) is 1.01. The lowest BCUT2D eigenvalue weighted by molar-refractivity contribution is -0.145. The second kappa shape index (κ2) is 3.47. The van der Waals surface area contributed by atoms with E-state index in [9.17, 15) is 4.79 Å². The van der Waals surface area contributed by atoms with Crippen LogP contribution in [0.2, 0.25) is 0 Å². The van der Waals surface area contributed by atoms with Crippen molar-refractivity contribution >= 4 is 5.97 Å². The monoisotopic (exact) mass is 232 g/mol. The molecule has 2 heteroatoms. The van der Waals surface area contributed by atoms with Gasteiger partial charge in [-0.3, -0.25) is 4.79 Å². The van der Waals surface area contributed by atoms with Gasteiger partial charge in [-0.15, -0.1) is 0 Å². The number of esters is 1. The van der Waals surface area contributed by atoms with Crippen molar-refractivity contribution in [3.05, 3.63) is 24.3 Å². The lowest BCUT2D eigenvalue weighted by atomic mass is 9.57. The minimum absolute atomic E-state index is 0.00293. The van der Waals surface area contributed by atoms with E-state index in [0.29, 0.717) is 11.8 Å². The molecule has 0 radical (unpaired) electrons. The fourth-order valence-electron chi connectivity index (χ4n) is 3.95. The van der Waals surface area contributed by atoms with Crippen LogP contribution >= 0.6 is 0 Å². The summed E-state index contributed by atoms with van der Waals surface area (Å²) in [4.78, 5) is 11.7. The number of hydrogen-bond donors (Lipinski definition) is 0. The Kier molecular flexibility index (Phi) is 2.26. The van der Waals surface area contributed by atoms with Gasteiger partial charge in [-0.05, 0) is 30.6 Å². The van der Waals surface area contributed by atoms with Crippen LogP contribution in [-0.2, 0) is 9.53 Å². The maximum Gasteiger partial charge on any atom is 0.309 e. The van der Waals surface area contributed by atoms with Crippen LogP contribution in [0, 0.1) is 23.2 Å². The maximum atomic E-state index is 11.7. The Hall–Kier alpha value is -1.05. The van der Waals surface area contributed by atoms with Crippen molar-refractivity contribution in [1.29, 1.82) is 0 Å². The van der Waals surface area contributed by atoms with Crippen molar-refractivity contribution in [1.82, 2.24) is 0 Å². The lowest BCUT2D eigenvalue weighted by Gasteiger charge is -2.47. The van der Waals surface area contributed by atoms with Gasteiger partial charge in [0.15, 0.2) is 0 Å². The summed E-state index contributed by atoms with van der Waals surface area (Å²) in [6, 6.07) is 0. The average molecular weight is 232 g/mol. The number of fused-ring (bicyclic) bond motifs is 2. The minimum atomic E-state index is -0.00293. The Labute approximate surface area is 103 Å². The Balaban J connectivity index is 1.93. The summed E-state index contributed by atoms with van der Waals surface area (Å²) in [5, 5.41) is 0. The van der Waals surface area contributed by atoms with Gasteiger partial charge >= 0.3 is 5.97 Å². The molecule has 0 N–H and O–H groups in total. The zero-order valence-corrected chi connectivity index (χ0v) is 10.6. The van der Waals surface area contributed by atoms with Crippen LogP contribution < -0.4 is 0 Å². The van der Waals surface area contributed by atoms with Crippen molar-refractivity contribution in [2.75, 3.05) is 0 Å². The molecule has 2 fully saturated rings. The van der Waals surface area contributed by atoms with Crippen LogP contribution in [0.1, 0.15) is 33.1 Å². The molecule has 2 aliphatic carbocycles. The number of carbonyl (C=O) groups is 1. The molecule has 0 aromatic rings. The molecule has 3 aliphatic rings. The fraction of sp³-hybridized carbons (Fsp3) is 0.667. The predicted molar refractivity (Wildman–Crippen MR) is 66.3 cm³/mol. The van der Waals surface area contributed by atoms with Gasteiger partial charge in [0.25, 0.3) is 0 Å². The number of carbonyl (C=O) groups excluding carboxylic acids is 1. The predicted octanol–water partition coefficient (Wildman–Crippen LogP) is 3.10. The van der Waals surface area contributed by atoms with Crippen LogP contribution in [-0.4, -0.2) is 12.1 Å². The number of rotatable bonds is 0. The Morgan fingerprint density at radius 2 is 2.29 bits per heavy atom. The fourth-order valence-corrected chi connectivity index (χ4v) is 3.95. The van der Waals surface area contributed by atoms with Crippen molar-refractivity contribution in [3.63, 3.8) is 0 Å². The van der Waals surface area contributed by atoms with E-state index in [1.807, 2.05) is 6.92 Å². The molecule has 92 valence electrons. The van der Waals surface area contributed by atoms with Gasteiger partial charge in [0.05, 0.1) is 5.92 Å². The lowest BCUT2D eigenvalue weighted by Crippen LogP contribution is -2.42. The third kappa shape index (κ3) is 1.50. The third-order valence-electron chi connectivity index (χ3n) is 5.08. The molecule has 0 aromatic carbocycles. The molecule has 3 rings (SSSR count). The quantitative estimate of drug-likeness (QED) is 0.474. The molecular formula is C15H20O2. The van der Waals surface area contributed by atoms with Gasteiger partial charge in [0.1, 0.15) is 6.10 Å². The van der Waals surface area contributed by atoms with Gasteiger partial charge in [0.2, 0.25) is 0 Å². The molecule has 0 bridgehead atoms. The van der Waals surface area contributed by atoms with Gasteiger partial charge in [-0.2, -0.15) is 0 Å². The smallest absolute Gasteiger partial charge is 0.309 e. The largest absolute Gasteiger partial charge is 0.462 e. The molecule has 1 aliphatic heterocycles. The van der Waals surface area contributed by atoms with Crippen LogP contribution in [0.3, 0.4) is 0 Å². The first-order chi connectivity index (χ1) is 8.01. The van der Waals surface area contributed by atoms with Crippen molar-refractivity contribution < 1.29 is 9.53 Å². The third-order valence-corrected chi connectivity index (χ3v) is 5.08. The second-order valence-electron chi connectivity index (χ2n) is 6.19. The molecule has 1 heterocycles.